The summed E-state index contributed by atoms with van der Waals surface area (Å²) in [6, 6.07) is 11.3. The number of hydrogen-bond donors (Lipinski definition) is 2. The summed E-state index contributed by atoms with van der Waals surface area (Å²) in [5, 5.41) is 19.9. The van der Waals surface area contributed by atoms with Crippen molar-refractivity contribution in [3.8, 4) is 11.5 Å². The van der Waals surface area contributed by atoms with Crippen LogP contribution in [0, 0.1) is 34.6 Å². The second kappa shape index (κ2) is 6.69. The lowest BCUT2D eigenvalue weighted by Crippen LogP contribution is -1.89. The molecule has 0 atom stereocenters. The van der Waals surface area contributed by atoms with E-state index in [9.17, 15) is 10.2 Å². The summed E-state index contributed by atoms with van der Waals surface area (Å²) < 4.78 is 0. The van der Waals surface area contributed by atoms with Crippen LogP contribution < -0.4 is 0 Å². The van der Waals surface area contributed by atoms with Gasteiger partial charge in [0.05, 0.1) is 0 Å². The maximum atomic E-state index is 9.51. The monoisotopic (exact) mass is 309 g/mol. The molecule has 0 saturated carbocycles. The van der Waals surface area contributed by atoms with Gasteiger partial charge in [-0.25, -0.2) is 4.98 Å². The van der Waals surface area contributed by atoms with Crippen LogP contribution >= 0.6 is 0 Å². The lowest BCUT2D eigenvalue weighted by Gasteiger charge is -2.09. The Bertz CT molecular complexity index is 828. The molecule has 1 aromatic heterocycles. The number of phenols is 2. The normalized spacial score (nSPS) is 10.3. The van der Waals surface area contributed by atoms with Crippen LogP contribution in [0.1, 0.15) is 27.9 Å². The van der Waals surface area contributed by atoms with Crippen molar-refractivity contribution in [2.75, 3.05) is 0 Å². The van der Waals surface area contributed by atoms with E-state index >= 15 is 0 Å². The number of benzene rings is 2. The molecular weight excluding hydrogens is 286 g/mol. The van der Waals surface area contributed by atoms with E-state index in [0.717, 1.165) is 22.2 Å². The van der Waals surface area contributed by atoms with Crippen LogP contribution in [0.25, 0.3) is 10.9 Å². The first-order valence-electron chi connectivity index (χ1n) is 7.63. The van der Waals surface area contributed by atoms with Gasteiger partial charge in [-0.3, -0.25) is 0 Å². The molecular formula is C20H23NO2. The van der Waals surface area contributed by atoms with Crippen molar-refractivity contribution >= 4 is 10.9 Å². The third-order valence-corrected chi connectivity index (χ3v) is 4.15. The average molecular weight is 309 g/mol. The molecule has 0 aliphatic carbocycles. The summed E-state index contributed by atoms with van der Waals surface area (Å²) in [6.45, 7) is 9.88. The first-order valence-corrected chi connectivity index (χ1v) is 7.63. The lowest BCUT2D eigenvalue weighted by molar-refractivity contribution is 0.466. The summed E-state index contributed by atoms with van der Waals surface area (Å²) in [6.07, 6.45) is 0. The van der Waals surface area contributed by atoms with Crippen LogP contribution in [0.15, 0.2) is 36.4 Å². The van der Waals surface area contributed by atoms with Gasteiger partial charge in [0.2, 0.25) is 0 Å². The molecule has 0 fully saturated rings. The molecule has 1 heterocycles. The van der Waals surface area contributed by atoms with Crippen LogP contribution in [-0.4, -0.2) is 15.2 Å². The van der Waals surface area contributed by atoms with E-state index in [1.807, 2.05) is 58.0 Å². The molecule has 0 radical (unpaired) electrons. The molecule has 2 N–H and O–H groups in total. The number of rotatable bonds is 0. The number of hydrogen-bond acceptors (Lipinski definition) is 3. The second-order valence-electron chi connectivity index (χ2n) is 5.91. The molecule has 3 rings (SSSR count). The molecule has 0 bridgehead atoms. The Kier molecular flexibility index (Phi) is 4.89. The van der Waals surface area contributed by atoms with E-state index in [1.165, 1.54) is 11.1 Å². The van der Waals surface area contributed by atoms with Crippen molar-refractivity contribution in [1.82, 2.24) is 4.98 Å². The zero-order valence-corrected chi connectivity index (χ0v) is 14.3. The minimum Gasteiger partial charge on any atom is -0.507 e. The Labute approximate surface area is 137 Å². The highest BCUT2D eigenvalue weighted by Gasteiger charge is 2.05. The molecule has 23 heavy (non-hydrogen) atoms. The van der Waals surface area contributed by atoms with Gasteiger partial charge in [0.15, 0.2) is 0 Å². The number of aryl methyl sites for hydroxylation is 3. The van der Waals surface area contributed by atoms with Gasteiger partial charge in [-0.05, 0) is 69.0 Å². The van der Waals surface area contributed by atoms with Crippen molar-refractivity contribution in [3.05, 3.63) is 64.3 Å². The molecule has 3 heteroatoms. The van der Waals surface area contributed by atoms with Crippen molar-refractivity contribution in [1.29, 1.82) is 0 Å². The maximum absolute atomic E-state index is 9.51. The Morgan fingerprint density at radius 2 is 1.48 bits per heavy atom. The first-order chi connectivity index (χ1) is 10.8. The molecule has 2 aromatic carbocycles. The van der Waals surface area contributed by atoms with Gasteiger partial charge >= 0.3 is 0 Å². The Morgan fingerprint density at radius 1 is 0.783 bits per heavy atom. The third kappa shape index (κ3) is 3.62. The minimum atomic E-state index is 0.246. The van der Waals surface area contributed by atoms with Gasteiger partial charge < -0.3 is 10.2 Å². The second-order valence-corrected chi connectivity index (χ2v) is 5.91. The van der Waals surface area contributed by atoms with Crippen LogP contribution in [-0.2, 0) is 0 Å². The summed E-state index contributed by atoms with van der Waals surface area (Å²) >= 11 is 0. The molecule has 120 valence electrons. The Morgan fingerprint density at radius 3 is 2.17 bits per heavy atom. The summed E-state index contributed by atoms with van der Waals surface area (Å²) in [5.41, 5.74) is 6.00. The van der Waals surface area contributed by atoms with E-state index in [4.69, 9.17) is 0 Å². The largest absolute Gasteiger partial charge is 0.507 e. The molecule has 0 aliphatic heterocycles. The molecule has 0 spiro atoms. The third-order valence-electron chi connectivity index (χ3n) is 4.15. The van der Waals surface area contributed by atoms with Crippen LogP contribution in [0.2, 0.25) is 0 Å². The zero-order valence-electron chi connectivity index (χ0n) is 14.3. The van der Waals surface area contributed by atoms with E-state index in [1.54, 1.807) is 6.07 Å². The van der Waals surface area contributed by atoms with Gasteiger partial charge in [-0.2, -0.15) is 0 Å². The van der Waals surface area contributed by atoms with E-state index in [2.05, 4.69) is 11.9 Å². The van der Waals surface area contributed by atoms with Gasteiger partial charge in [-0.1, -0.05) is 24.3 Å². The highest BCUT2D eigenvalue weighted by atomic mass is 16.3. The average Bonchev–Trinajstić information content (AvgIpc) is 2.53. The fourth-order valence-electron chi connectivity index (χ4n) is 2.50. The maximum Gasteiger partial charge on any atom is 0.141 e. The first kappa shape index (κ1) is 16.8. The number of para-hydroxylation sites is 1. The fraction of sp³-hybridized carbons (Fsp3) is 0.250. The van der Waals surface area contributed by atoms with Crippen molar-refractivity contribution in [3.63, 3.8) is 0 Å². The molecule has 0 aliphatic rings. The minimum absolute atomic E-state index is 0.246. The van der Waals surface area contributed by atoms with Crippen LogP contribution in [0.5, 0.6) is 11.5 Å². The van der Waals surface area contributed by atoms with E-state index in [0.29, 0.717) is 11.3 Å². The summed E-state index contributed by atoms with van der Waals surface area (Å²) in [7, 11) is 0. The molecule has 0 saturated heterocycles. The Balaban J connectivity index is 0.000000168. The van der Waals surface area contributed by atoms with Crippen molar-refractivity contribution in [2.45, 2.75) is 34.6 Å². The lowest BCUT2D eigenvalue weighted by atomic mass is 10.00. The van der Waals surface area contributed by atoms with Crippen molar-refractivity contribution < 1.29 is 10.2 Å². The topological polar surface area (TPSA) is 53.4 Å². The predicted octanol–water partition coefficient (Wildman–Crippen LogP) is 4.87. The molecule has 0 unspecified atom stereocenters. The summed E-state index contributed by atoms with van der Waals surface area (Å²) in [4.78, 5) is 4.23. The molecule has 0 amide bonds. The van der Waals surface area contributed by atoms with Crippen LogP contribution in [0.3, 0.4) is 0 Å². The molecule has 3 aromatic rings. The smallest absolute Gasteiger partial charge is 0.141 e. The van der Waals surface area contributed by atoms with Gasteiger partial charge in [0, 0.05) is 11.1 Å². The summed E-state index contributed by atoms with van der Waals surface area (Å²) in [5.74, 6) is 0.685. The van der Waals surface area contributed by atoms with Gasteiger partial charge in [0.1, 0.15) is 17.0 Å². The van der Waals surface area contributed by atoms with Crippen LogP contribution in [0.4, 0.5) is 0 Å². The highest BCUT2D eigenvalue weighted by Crippen LogP contribution is 2.26. The van der Waals surface area contributed by atoms with Gasteiger partial charge in [-0.15, -0.1) is 0 Å². The number of aromatic hydroxyl groups is 2. The van der Waals surface area contributed by atoms with Crippen molar-refractivity contribution in [2.24, 2.45) is 0 Å². The van der Waals surface area contributed by atoms with E-state index in [-0.39, 0.29) is 5.75 Å². The quantitative estimate of drug-likeness (QED) is 0.622. The fourth-order valence-corrected chi connectivity index (χ4v) is 2.50. The predicted molar refractivity (Wildman–Crippen MR) is 95.2 cm³/mol. The number of fused-ring (bicyclic) bond motifs is 1. The number of phenolic OH excluding ortho intramolecular Hbond substituents is 2. The highest BCUT2D eigenvalue weighted by molar-refractivity contribution is 5.84. The van der Waals surface area contributed by atoms with E-state index < -0.39 is 0 Å². The SMILES string of the molecule is Cc1cc(C)c(O)c(C)c1C.Cc1ccc2cccc(O)c2n1. The molecule has 3 nitrogen and oxygen atoms in total. The Hall–Kier alpha value is -2.55. The number of nitrogens with zero attached hydrogens (tertiary/aromatic N) is 1. The zero-order chi connectivity index (χ0) is 17.1. The standard InChI is InChI=1S/C10H9NO.C10H14O/c1-7-5-6-8-3-2-4-9(12)10(8)11-7;1-6-5-7(2)10(11)9(4)8(6)3/h2-6,12H,1H3;5,11H,1-4H3. The number of aromatic nitrogens is 1. The van der Waals surface area contributed by atoms with Gasteiger partial charge in [0.25, 0.3) is 0 Å². The number of pyridine rings is 1.